The van der Waals surface area contributed by atoms with E-state index in [1.165, 1.54) is 25.3 Å². The van der Waals surface area contributed by atoms with Gasteiger partial charge in [0.2, 0.25) is 0 Å². The third kappa shape index (κ3) is 3.11. The largest absolute Gasteiger partial charge is 0.490 e. The minimum atomic E-state index is -1.21. The van der Waals surface area contributed by atoms with Crippen LogP contribution in [0.2, 0.25) is 0 Å². The molecule has 0 bridgehead atoms. The molecule has 1 unspecified atom stereocenters. The first-order valence-corrected chi connectivity index (χ1v) is 5.49. The van der Waals surface area contributed by atoms with Crippen molar-refractivity contribution in [2.75, 3.05) is 7.11 Å². The molecule has 1 aromatic carbocycles. The number of nitrogens with zero attached hydrogens (tertiary/aromatic N) is 2. The van der Waals surface area contributed by atoms with E-state index in [-0.39, 0.29) is 22.6 Å². The Labute approximate surface area is 115 Å². The van der Waals surface area contributed by atoms with Crippen LogP contribution in [0, 0.1) is 21.4 Å². The maximum absolute atomic E-state index is 11.2. The van der Waals surface area contributed by atoms with Crippen molar-refractivity contribution in [1.82, 2.24) is 0 Å². The molecule has 7 nitrogen and oxygen atoms in total. The summed E-state index contributed by atoms with van der Waals surface area (Å²) in [7, 11) is 1.28. The fraction of sp³-hybridized carbons (Fsp3) is 0.231. The number of carbonyl (C=O) groups excluding carboxylic acids is 1. The Morgan fingerprint density at radius 1 is 1.55 bits per heavy atom. The van der Waals surface area contributed by atoms with E-state index in [9.17, 15) is 14.9 Å². The Morgan fingerprint density at radius 3 is 2.65 bits per heavy atom. The summed E-state index contributed by atoms with van der Waals surface area (Å²) in [5.74, 6) is -0.668. The van der Waals surface area contributed by atoms with Gasteiger partial charge in [-0.25, -0.2) is 0 Å². The van der Waals surface area contributed by atoms with Crippen molar-refractivity contribution in [1.29, 1.82) is 5.26 Å². The SMILES string of the molecule is C=C(C#N)C(OC(C)=O)c1cccc(OC)c1[N+](=O)[O-]. The summed E-state index contributed by atoms with van der Waals surface area (Å²) in [6.07, 6.45) is -1.21. The lowest BCUT2D eigenvalue weighted by molar-refractivity contribution is -0.386. The van der Waals surface area contributed by atoms with Crippen molar-refractivity contribution in [3.63, 3.8) is 0 Å². The molecule has 20 heavy (non-hydrogen) atoms. The summed E-state index contributed by atoms with van der Waals surface area (Å²) in [5.41, 5.74) is -0.440. The van der Waals surface area contributed by atoms with Gasteiger partial charge >= 0.3 is 11.7 Å². The molecule has 0 saturated heterocycles. The molecular weight excluding hydrogens is 264 g/mol. The van der Waals surface area contributed by atoms with E-state index in [4.69, 9.17) is 14.7 Å². The van der Waals surface area contributed by atoms with E-state index >= 15 is 0 Å². The van der Waals surface area contributed by atoms with E-state index in [2.05, 4.69) is 6.58 Å². The van der Waals surface area contributed by atoms with Crippen LogP contribution in [-0.4, -0.2) is 18.0 Å². The molecule has 0 saturated carbocycles. The Bertz CT molecular complexity index is 603. The van der Waals surface area contributed by atoms with Gasteiger partial charge in [0.05, 0.1) is 29.2 Å². The number of hydrogen-bond acceptors (Lipinski definition) is 6. The van der Waals surface area contributed by atoms with Crippen LogP contribution in [0.1, 0.15) is 18.6 Å². The summed E-state index contributed by atoms with van der Waals surface area (Å²) in [6, 6.07) is 6.03. The van der Waals surface area contributed by atoms with Gasteiger partial charge in [0.1, 0.15) is 0 Å². The Kier molecular flexibility index (Phi) is 4.81. The van der Waals surface area contributed by atoms with Gasteiger partial charge in [-0.15, -0.1) is 0 Å². The van der Waals surface area contributed by atoms with E-state index in [0.717, 1.165) is 6.92 Å². The Hall–Kier alpha value is -2.88. The standard InChI is InChI=1S/C13H12N2O5/c1-8(7-14)13(20-9(2)16)10-5-4-6-11(19-3)12(10)15(17)18/h4-6,13H,1H2,2-3H3. The smallest absolute Gasteiger partial charge is 0.318 e. The summed E-state index contributed by atoms with van der Waals surface area (Å²) >= 11 is 0. The van der Waals surface area contributed by atoms with Crippen LogP contribution in [0.5, 0.6) is 5.75 Å². The van der Waals surface area contributed by atoms with Gasteiger partial charge in [-0.3, -0.25) is 14.9 Å². The summed E-state index contributed by atoms with van der Waals surface area (Å²) in [5, 5.41) is 20.1. The van der Waals surface area contributed by atoms with E-state index < -0.39 is 17.0 Å². The lowest BCUT2D eigenvalue weighted by Crippen LogP contribution is -2.12. The van der Waals surface area contributed by atoms with E-state index in [1.807, 2.05) is 0 Å². The number of ether oxygens (including phenoxy) is 2. The molecule has 0 aromatic heterocycles. The molecule has 1 atom stereocenters. The van der Waals surface area contributed by atoms with Gasteiger partial charge in [-0.05, 0) is 12.1 Å². The molecular formula is C13H12N2O5. The van der Waals surface area contributed by atoms with Gasteiger partial charge in [-0.1, -0.05) is 12.6 Å². The number of rotatable bonds is 5. The van der Waals surface area contributed by atoms with Gasteiger partial charge in [0, 0.05) is 6.92 Å². The van der Waals surface area contributed by atoms with Crippen LogP contribution < -0.4 is 4.74 Å². The van der Waals surface area contributed by atoms with E-state index in [1.54, 1.807) is 6.07 Å². The average Bonchev–Trinajstić information content (AvgIpc) is 2.42. The summed E-state index contributed by atoms with van der Waals surface area (Å²) < 4.78 is 9.88. The molecule has 1 aromatic rings. The van der Waals surface area contributed by atoms with Gasteiger partial charge < -0.3 is 9.47 Å². The lowest BCUT2D eigenvalue weighted by atomic mass is 10.0. The van der Waals surface area contributed by atoms with Crippen molar-refractivity contribution in [3.8, 4) is 11.8 Å². The molecule has 0 spiro atoms. The maximum atomic E-state index is 11.2. The van der Waals surface area contributed by atoms with Crippen molar-refractivity contribution < 1.29 is 19.2 Å². The quantitative estimate of drug-likeness (QED) is 0.354. The highest BCUT2D eigenvalue weighted by Crippen LogP contribution is 2.38. The lowest BCUT2D eigenvalue weighted by Gasteiger charge is -2.16. The third-order valence-electron chi connectivity index (χ3n) is 2.46. The zero-order chi connectivity index (χ0) is 15.3. The first kappa shape index (κ1) is 15.2. The third-order valence-corrected chi connectivity index (χ3v) is 2.46. The number of nitro benzene ring substituents is 1. The Balaban J connectivity index is 3.47. The molecule has 0 aliphatic rings. The minimum absolute atomic E-state index is 0.00962. The van der Waals surface area contributed by atoms with Crippen LogP contribution in [0.15, 0.2) is 30.4 Å². The highest BCUT2D eigenvalue weighted by molar-refractivity contribution is 5.68. The molecule has 0 amide bonds. The van der Waals surface area contributed by atoms with Crippen molar-refractivity contribution >= 4 is 11.7 Å². The molecule has 1 rings (SSSR count). The molecule has 7 heteroatoms. The number of methoxy groups -OCH3 is 1. The van der Waals surface area contributed by atoms with Gasteiger partial charge in [0.15, 0.2) is 11.9 Å². The van der Waals surface area contributed by atoms with Crippen LogP contribution in [0.3, 0.4) is 0 Å². The van der Waals surface area contributed by atoms with Crippen LogP contribution >= 0.6 is 0 Å². The summed E-state index contributed by atoms with van der Waals surface area (Å²) in [4.78, 5) is 21.6. The maximum Gasteiger partial charge on any atom is 0.318 e. The van der Waals surface area contributed by atoms with Crippen molar-refractivity contribution in [2.24, 2.45) is 0 Å². The highest BCUT2D eigenvalue weighted by Gasteiger charge is 2.30. The fourth-order valence-corrected chi connectivity index (χ4v) is 1.66. The minimum Gasteiger partial charge on any atom is -0.490 e. The molecule has 0 aliphatic carbocycles. The van der Waals surface area contributed by atoms with Crippen LogP contribution in [-0.2, 0) is 9.53 Å². The number of carbonyl (C=O) groups is 1. The molecule has 0 fully saturated rings. The first-order chi connectivity index (χ1) is 9.42. The van der Waals surface area contributed by atoms with Gasteiger partial charge in [0.25, 0.3) is 0 Å². The number of nitro groups is 1. The predicted octanol–water partition coefficient (Wildman–Crippen LogP) is 2.29. The normalized spacial score (nSPS) is 11.1. The second-order valence-electron chi connectivity index (χ2n) is 3.78. The van der Waals surface area contributed by atoms with E-state index in [0.29, 0.717) is 0 Å². The van der Waals surface area contributed by atoms with Crippen LogP contribution in [0.4, 0.5) is 5.69 Å². The second kappa shape index (κ2) is 6.33. The molecule has 0 aliphatic heterocycles. The monoisotopic (exact) mass is 276 g/mol. The summed E-state index contributed by atoms with van der Waals surface area (Å²) in [6.45, 7) is 4.60. The number of esters is 1. The first-order valence-electron chi connectivity index (χ1n) is 5.49. The number of para-hydroxylation sites is 1. The van der Waals surface area contributed by atoms with Crippen molar-refractivity contribution in [3.05, 3.63) is 46.0 Å². The number of benzene rings is 1. The highest BCUT2D eigenvalue weighted by atomic mass is 16.6. The zero-order valence-electron chi connectivity index (χ0n) is 11.0. The van der Waals surface area contributed by atoms with Crippen LogP contribution in [0.25, 0.3) is 0 Å². The van der Waals surface area contributed by atoms with Crippen molar-refractivity contribution in [2.45, 2.75) is 13.0 Å². The second-order valence-corrected chi connectivity index (χ2v) is 3.78. The van der Waals surface area contributed by atoms with Gasteiger partial charge in [-0.2, -0.15) is 5.26 Å². The molecule has 0 radical (unpaired) electrons. The topological polar surface area (TPSA) is 102 Å². The Morgan fingerprint density at radius 2 is 2.20 bits per heavy atom. The molecule has 0 heterocycles. The molecule has 0 N–H and O–H groups in total. The fourth-order valence-electron chi connectivity index (χ4n) is 1.66. The zero-order valence-corrected chi connectivity index (χ0v) is 11.0. The number of hydrogen-bond donors (Lipinski definition) is 0. The predicted molar refractivity (Wildman–Crippen MR) is 68.9 cm³/mol. The number of nitriles is 1. The molecule has 104 valence electrons. The average molecular weight is 276 g/mol.